The average Bonchev–Trinajstić information content (AvgIpc) is 3.19. The van der Waals surface area contributed by atoms with Crippen LogP contribution in [0.3, 0.4) is 0 Å². The largest absolute Gasteiger partial charge is 0.397 e. The molecule has 0 heterocycles. The summed E-state index contributed by atoms with van der Waals surface area (Å²) in [6.45, 7) is 1.11. The molecule has 3 nitrogen and oxygen atoms in total. The number of nitriles is 1. The molecule has 1 aromatic rings. The van der Waals surface area contributed by atoms with Crippen LogP contribution in [0.25, 0.3) is 0 Å². The minimum atomic E-state index is 0.659. The average molecular weight is 227 g/mol. The van der Waals surface area contributed by atoms with Crippen molar-refractivity contribution >= 4 is 11.4 Å². The van der Waals surface area contributed by atoms with E-state index >= 15 is 0 Å². The molecule has 0 aromatic heterocycles. The number of hydrogen-bond donors (Lipinski definition) is 1. The number of benzene rings is 1. The zero-order valence-electron chi connectivity index (χ0n) is 9.89. The van der Waals surface area contributed by atoms with E-state index in [1.165, 1.54) is 25.7 Å². The van der Waals surface area contributed by atoms with Gasteiger partial charge in [0.15, 0.2) is 0 Å². The van der Waals surface area contributed by atoms with Gasteiger partial charge in [0, 0.05) is 12.6 Å². The molecule has 88 valence electrons. The van der Waals surface area contributed by atoms with E-state index in [4.69, 9.17) is 11.0 Å². The predicted molar refractivity (Wildman–Crippen MR) is 68.7 cm³/mol. The van der Waals surface area contributed by atoms with Gasteiger partial charge < -0.3 is 10.6 Å². The van der Waals surface area contributed by atoms with Crippen molar-refractivity contribution in [2.75, 3.05) is 17.2 Å². The van der Waals surface area contributed by atoms with Gasteiger partial charge in [0.1, 0.15) is 0 Å². The van der Waals surface area contributed by atoms with E-state index in [-0.39, 0.29) is 0 Å². The van der Waals surface area contributed by atoms with Crippen molar-refractivity contribution in [3.8, 4) is 6.07 Å². The summed E-state index contributed by atoms with van der Waals surface area (Å²) in [6.07, 6.45) is 5.23. The molecule has 2 aliphatic rings. The molecular weight excluding hydrogens is 210 g/mol. The van der Waals surface area contributed by atoms with Gasteiger partial charge >= 0.3 is 0 Å². The molecule has 0 amide bonds. The summed E-state index contributed by atoms with van der Waals surface area (Å²) >= 11 is 0. The smallest absolute Gasteiger partial charge is 0.0992 e. The first-order valence-electron chi connectivity index (χ1n) is 6.34. The number of hydrogen-bond acceptors (Lipinski definition) is 3. The Bertz CT molecular complexity index is 467. The Balaban J connectivity index is 1.90. The number of nitrogens with zero attached hydrogens (tertiary/aromatic N) is 2. The van der Waals surface area contributed by atoms with Crippen LogP contribution >= 0.6 is 0 Å². The van der Waals surface area contributed by atoms with Gasteiger partial charge in [0.25, 0.3) is 0 Å². The summed E-state index contributed by atoms with van der Waals surface area (Å²) in [7, 11) is 0. The maximum absolute atomic E-state index is 8.97. The molecular formula is C14H17N3. The number of anilines is 2. The standard InChI is InChI=1S/C14H17N3/c15-8-11-3-6-13(16)14(7-11)17(12-4-5-12)9-10-1-2-10/h3,6-7,10,12H,1-2,4-5,9,16H2. The minimum absolute atomic E-state index is 0.659. The highest BCUT2D eigenvalue weighted by Crippen LogP contribution is 2.39. The zero-order valence-corrected chi connectivity index (χ0v) is 9.89. The number of nitrogens with two attached hydrogens (primary N) is 1. The van der Waals surface area contributed by atoms with Crippen molar-refractivity contribution < 1.29 is 0 Å². The van der Waals surface area contributed by atoms with Crippen LogP contribution in [0.5, 0.6) is 0 Å². The summed E-state index contributed by atoms with van der Waals surface area (Å²) in [5.74, 6) is 0.848. The summed E-state index contributed by atoms with van der Waals surface area (Å²) in [6, 6.07) is 8.45. The molecule has 17 heavy (non-hydrogen) atoms. The highest BCUT2D eigenvalue weighted by molar-refractivity contribution is 5.70. The first-order chi connectivity index (χ1) is 8.28. The third kappa shape index (κ3) is 2.21. The fourth-order valence-corrected chi connectivity index (χ4v) is 2.27. The van der Waals surface area contributed by atoms with Gasteiger partial charge in [-0.25, -0.2) is 0 Å². The SMILES string of the molecule is N#Cc1ccc(N)c(N(CC2CC2)C2CC2)c1. The molecule has 0 spiro atoms. The Morgan fingerprint density at radius 3 is 2.65 bits per heavy atom. The third-order valence-corrected chi connectivity index (χ3v) is 3.61. The van der Waals surface area contributed by atoms with Crippen molar-refractivity contribution in [3.05, 3.63) is 23.8 Å². The molecule has 0 unspecified atom stereocenters. The van der Waals surface area contributed by atoms with E-state index in [0.717, 1.165) is 23.8 Å². The van der Waals surface area contributed by atoms with E-state index < -0.39 is 0 Å². The van der Waals surface area contributed by atoms with Gasteiger partial charge in [-0.3, -0.25) is 0 Å². The van der Waals surface area contributed by atoms with Crippen molar-refractivity contribution in [2.45, 2.75) is 31.7 Å². The summed E-state index contributed by atoms with van der Waals surface area (Å²) in [5, 5.41) is 8.97. The Kier molecular flexibility index (Phi) is 2.44. The molecule has 1 aromatic carbocycles. The summed E-state index contributed by atoms with van der Waals surface area (Å²) in [4.78, 5) is 2.42. The van der Waals surface area contributed by atoms with Gasteiger partial charge in [-0.05, 0) is 49.8 Å². The van der Waals surface area contributed by atoms with E-state index in [0.29, 0.717) is 11.6 Å². The lowest BCUT2D eigenvalue weighted by atomic mass is 10.1. The highest BCUT2D eigenvalue weighted by atomic mass is 15.2. The number of rotatable bonds is 4. The van der Waals surface area contributed by atoms with Crippen LogP contribution in [-0.2, 0) is 0 Å². The Labute approximate surface area is 102 Å². The fourth-order valence-electron chi connectivity index (χ4n) is 2.27. The van der Waals surface area contributed by atoms with E-state index in [1.54, 1.807) is 6.07 Å². The second-order valence-corrected chi connectivity index (χ2v) is 5.21. The van der Waals surface area contributed by atoms with E-state index in [9.17, 15) is 0 Å². The van der Waals surface area contributed by atoms with Gasteiger partial charge in [0.2, 0.25) is 0 Å². The molecule has 2 saturated carbocycles. The van der Waals surface area contributed by atoms with Crippen LogP contribution in [0.4, 0.5) is 11.4 Å². The van der Waals surface area contributed by atoms with Crippen LogP contribution < -0.4 is 10.6 Å². The van der Waals surface area contributed by atoms with E-state index in [1.807, 2.05) is 12.1 Å². The van der Waals surface area contributed by atoms with Crippen molar-refractivity contribution in [1.29, 1.82) is 5.26 Å². The van der Waals surface area contributed by atoms with Gasteiger partial charge in [-0.15, -0.1) is 0 Å². The predicted octanol–water partition coefficient (Wildman–Crippen LogP) is 2.52. The first-order valence-corrected chi connectivity index (χ1v) is 6.34. The molecule has 0 atom stereocenters. The van der Waals surface area contributed by atoms with Crippen LogP contribution in [0.2, 0.25) is 0 Å². The Hall–Kier alpha value is -1.69. The zero-order chi connectivity index (χ0) is 11.8. The second-order valence-electron chi connectivity index (χ2n) is 5.21. The second kappa shape index (κ2) is 3.96. The summed E-state index contributed by atoms with van der Waals surface area (Å²) in [5.41, 5.74) is 8.63. The molecule has 2 aliphatic carbocycles. The van der Waals surface area contributed by atoms with Crippen LogP contribution in [0.1, 0.15) is 31.2 Å². The molecule has 0 aliphatic heterocycles. The highest BCUT2D eigenvalue weighted by Gasteiger charge is 2.34. The minimum Gasteiger partial charge on any atom is -0.397 e. The summed E-state index contributed by atoms with van der Waals surface area (Å²) < 4.78 is 0. The van der Waals surface area contributed by atoms with Crippen LogP contribution in [0, 0.1) is 17.2 Å². The lowest BCUT2D eigenvalue weighted by Crippen LogP contribution is -2.28. The monoisotopic (exact) mass is 227 g/mol. The van der Waals surface area contributed by atoms with Crippen molar-refractivity contribution in [2.24, 2.45) is 5.92 Å². The van der Waals surface area contributed by atoms with Crippen LogP contribution in [0.15, 0.2) is 18.2 Å². The third-order valence-electron chi connectivity index (χ3n) is 3.61. The lowest BCUT2D eigenvalue weighted by molar-refractivity contribution is 0.720. The molecule has 3 heteroatoms. The molecule has 2 fully saturated rings. The maximum atomic E-state index is 8.97. The normalized spacial score (nSPS) is 18.8. The van der Waals surface area contributed by atoms with Crippen molar-refractivity contribution in [1.82, 2.24) is 0 Å². The molecule has 2 N–H and O–H groups in total. The lowest BCUT2D eigenvalue weighted by Gasteiger charge is -2.26. The molecule has 0 saturated heterocycles. The first kappa shape index (κ1) is 10.5. The fraction of sp³-hybridized carbons (Fsp3) is 0.500. The van der Waals surface area contributed by atoms with Crippen LogP contribution in [-0.4, -0.2) is 12.6 Å². The van der Waals surface area contributed by atoms with Crippen molar-refractivity contribution in [3.63, 3.8) is 0 Å². The van der Waals surface area contributed by atoms with E-state index in [2.05, 4.69) is 11.0 Å². The van der Waals surface area contributed by atoms with Gasteiger partial charge in [0.05, 0.1) is 23.0 Å². The van der Waals surface area contributed by atoms with Gasteiger partial charge in [-0.2, -0.15) is 5.26 Å². The Morgan fingerprint density at radius 1 is 1.29 bits per heavy atom. The quantitative estimate of drug-likeness (QED) is 0.804. The van der Waals surface area contributed by atoms with Gasteiger partial charge in [-0.1, -0.05) is 0 Å². The molecule has 0 radical (unpaired) electrons. The Morgan fingerprint density at radius 2 is 2.06 bits per heavy atom. The topological polar surface area (TPSA) is 53.1 Å². The number of nitrogen functional groups attached to an aromatic ring is 1. The maximum Gasteiger partial charge on any atom is 0.0992 e. The molecule has 0 bridgehead atoms. The molecule has 3 rings (SSSR count).